The first-order valence-corrected chi connectivity index (χ1v) is 11.6. The molecule has 0 bridgehead atoms. The maximum Gasteiger partial charge on any atom is 0.0431 e. The predicted octanol–water partition coefficient (Wildman–Crippen LogP) is 6.44. The lowest BCUT2D eigenvalue weighted by atomic mass is 9.44. The Balaban J connectivity index is 1.53. The van der Waals surface area contributed by atoms with Crippen LogP contribution in [0.3, 0.4) is 0 Å². The number of rotatable bonds is 4. The van der Waals surface area contributed by atoms with Crippen LogP contribution in [0, 0.1) is 46.3 Å². The average molecular weight is 347 g/mol. The highest BCUT2D eigenvalue weighted by molar-refractivity contribution is 5.09. The number of aliphatic hydroxyl groups excluding tert-OH is 1. The van der Waals surface area contributed by atoms with Crippen molar-refractivity contribution in [3.8, 4) is 0 Å². The fourth-order valence-electron chi connectivity index (χ4n) is 8.88. The van der Waals surface area contributed by atoms with Crippen LogP contribution in [-0.2, 0) is 0 Å². The van der Waals surface area contributed by atoms with Crippen molar-refractivity contribution >= 4 is 0 Å². The summed E-state index contributed by atoms with van der Waals surface area (Å²) in [6.07, 6.45) is 17.4. The lowest BCUT2D eigenvalue weighted by Crippen LogP contribution is -2.53. The SMILES string of the molecule is C[C@H](CCCO)C1CCC2C3CCC4CCCCC4(C)C3CCC21C. The second-order valence-corrected chi connectivity index (χ2v) is 11.0. The Hall–Kier alpha value is -0.0400. The van der Waals surface area contributed by atoms with E-state index < -0.39 is 0 Å². The van der Waals surface area contributed by atoms with Gasteiger partial charge in [0, 0.05) is 6.61 Å². The molecular formula is C24H42O. The van der Waals surface area contributed by atoms with Gasteiger partial charge in [0.1, 0.15) is 0 Å². The lowest BCUT2D eigenvalue weighted by molar-refractivity contribution is -0.114. The van der Waals surface area contributed by atoms with Gasteiger partial charge in [-0.1, -0.05) is 33.6 Å². The third-order valence-corrected chi connectivity index (χ3v) is 10.2. The van der Waals surface area contributed by atoms with Crippen LogP contribution >= 0.6 is 0 Å². The van der Waals surface area contributed by atoms with Crippen LogP contribution in [0.15, 0.2) is 0 Å². The molecule has 1 N–H and O–H groups in total. The fraction of sp³-hybridized carbons (Fsp3) is 1.00. The zero-order chi connectivity index (χ0) is 17.7. The minimum absolute atomic E-state index is 0.377. The van der Waals surface area contributed by atoms with Crippen LogP contribution in [0.25, 0.3) is 0 Å². The van der Waals surface area contributed by atoms with Crippen LogP contribution in [0.1, 0.15) is 97.8 Å². The smallest absolute Gasteiger partial charge is 0.0431 e. The molecule has 4 fully saturated rings. The molecule has 0 aliphatic heterocycles. The van der Waals surface area contributed by atoms with E-state index in [1.54, 1.807) is 6.42 Å². The van der Waals surface area contributed by atoms with Crippen LogP contribution in [-0.4, -0.2) is 11.7 Å². The summed E-state index contributed by atoms with van der Waals surface area (Å²) in [5.41, 5.74) is 1.29. The van der Waals surface area contributed by atoms with E-state index in [1.807, 2.05) is 0 Å². The first kappa shape index (κ1) is 18.3. The van der Waals surface area contributed by atoms with Gasteiger partial charge in [0.05, 0.1) is 0 Å². The molecule has 25 heavy (non-hydrogen) atoms. The molecule has 0 radical (unpaired) electrons. The van der Waals surface area contributed by atoms with Gasteiger partial charge in [-0.3, -0.25) is 0 Å². The minimum Gasteiger partial charge on any atom is -0.396 e. The Kier molecular flexibility index (Phi) is 5.02. The summed E-state index contributed by atoms with van der Waals surface area (Å²) in [4.78, 5) is 0. The molecule has 0 amide bonds. The van der Waals surface area contributed by atoms with Gasteiger partial charge in [-0.25, -0.2) is 0 Å². The van der Waals surface area contributed by atoms with E-state index >= 15 is 0 Å². The molecule has 4 aliphatic rings. The largest absolute Gasteiger partial charge is 0.396 e. The van der Waals surface area contributed by atoms with Gasteiger partial charge in [0.25, 0.3) is 0 Å². The fourth-order valence-corrected chi connectivity index (χ4v) is 8.88. The van der Waals surface area contributed by atoms with E-state index in [0.29, 0.717) is 17.4 Å². The summed E-state index contributed by atoms with van der Waals surface area (Å²) < 4.78 is 0. The zero-order valence-electron chi connectivity index (χ0n) is 17.1. The van der Waals surface area contributed by atoms with Crippen molar-refractivity contribution in [2.75, 3.05) is 6.61 Å². The highest BCUT2D eigenvalue weighted by atomic mass is 16.2. The van der Waals surface area contributed by atoms with Gasteiger partial charge in [-0.2, -0.15) is 0 Å². The van der Waals surface area contributed by atoms with Crippen LogP contribution in [0.5, 0.6) is 0 Å². The molecule has 4 saturated carbocycles. The molecule has 0 spiro atoms. The predicted molar refractivity (Wildman–Crippen MR) is 105 cm³/mol. The van der Waals surface area contributed by atoms with Gasteiger partial charge in [0.15, 0.2) is 0 Å². The molecule has 0 aromatic heterocycles. The Morgan fingerprint density at radius 1 is 0.880 bits per heavy atom. The molecular weight excluding hydrogens is 304 g/mol. The molecule has 1 heteroatoms. The quantitative estimate of drug-likeness (QED) is 0.620. The number of hydrogen-bond donors (Lipinski definition) is 1. The van der Waals surface area contributed by atoms with Crippen molar-refractivity contribution in [2.45, 2.75) is 97.8 Å². The van der Waals surface area contributed by atoms with Gasteiger partial charge in [-0.05, 0) is 111 Å². The second-order valence-electron chi connectivity index (χ2n) is 11.0. The van der Waals surface area contributed by atoms with Crippen molar-refractivity contribution in [2.24, 2.45) is 46.3 Å². The maximum absolute atomic E-state index is 9.25. The molecule has 0 heterocycles. The third kappa shape index (κ3) is 2.82. The summed E-state index contributed by atoms with van der Waals surface area (Å²) in [5.74, 6) is 5.85. The topological polar surface area (TPSA) is 20.2 Å². The summed E-state index contributed by atoms with van der Waals surface area (Å²) in [6.45, 7) is 8.24. The van der Waals surface area contributed by atoms with Crippen molar-refractivity contribution in [1.82, 2.24) is 0 Å². The molecule has 8 atom stereocenters. The Morgan fingerprint density at radius 2 is 1.68 bits per heavy atom. The minimum atomic E-state index is 0.377. The number of fused-ring (bicyclic) bond motifs is 5. The lowest BCUT2D eigenvalue weighted by Gasteiger charge is -2.61. The van der Waals surface area contributed by atoms with E-state index in [2.05, 4.69) is 20.8 Å². The number of hydrogen-bond acceptors (Lipinski definition) is 1. The molecule has 4 rings (SSSR count). The van der Waals surface area contributed by atoms with Crippen molar-refractivity contribution in [1.29, 1.82) is 0 Å². The van der Waals surface area contributed by atoms with E-state index in [4.69, 9.17) is 0 Å². The van der Waals surface area contributed by atoms with E-state index in [9.17, 15) is 5.11 Å². The Labute approximate surface area is 156 Å². The molecule has 0 aromatic rings. The van der Waals surface area contributed by atoms with Crippen molar-refractivity contribution < 1.29 is 5.11 Å². The molecule has 1 nitrogen and oxygen atoms in total. The van der Waals surface area contributed by atoms with Crippen molar-refractivity contribution in [3.63, 3.8) is 0 Å². The van der Waals surface area contributed by atoms with E-state index in [-0.39, 0.29) is 0 Å². The normalized spacial score (nSPS) is 50.6. The highest BCUT2D eigenvalue weighted by Gasteiger charge is 2.59. The standard InChI is InChI=1S/C24H42O/c1-17(7-6-16-25)20-11-12-21-19-10-9-18-8-4-5-14-23(18,2)22(19)13-15-24(20,21)3/h17-22,25H,4-16H2,1-3H3/t17-,18?,19?,20?,21?,22?,23?,24?/m1/s1. The van der Waals surface area contributed by atoms with Crippen LogP contribution in [0.2, 0.25) is 0 Å². The van der Waals surface area contributed by atoms with Crippen molar-refractivity contribution in [3.05, 3.63) is 0 Å². The molecule has 4 aliphatic carbocycles. The second kappa shape index (κ2) is 6.84. The monoisotopic (exact) mass is 346 g/mol. The zero-order valence-corrected chi connectivity index (χ0v) is 17.1. The first-order chi connectivity index (χ1) is 12.0. The van der Waals surface area contributed by atoms with E-state index in [0.717, 1.165) is 41.9 Å². The number of aliphatic hydroxyl groups is 1. The Bertz CT molecular complexity index is 473. The summed E-state index contributed by atoms with van der Waals surface area (Å²) >= 11 is 0. The summed E-state index contributed by atoms with van der Waals surface area (Å²) in [7, 11) is 0. The molecule has 7 unspecified atom stereocenters. The highest BCUT2D eigenvalue weighted by Crippen LogP contribution is 2.68. The van der Waals surface area contributed by atoms with Gasteiger partial charge >= 0.3 is 0 Å². The summed E-state index contributed by atoms with van der Waals surface area (Å²) in [5, 5.41) is 9.25. The van der Waals surface area contributed by atoms with Crippen LogP contribution in [0.4, 0.5) is 0 Å². The first-order valence-electron chi connectivity index (χ1n) is 11.6. The maximum atomic E-state index is 9.25. The molecule has 0 aromatic carbocycles. The average Bonchev–Trinajstić information content (AvgIpc) is 2.96. The van der Waals surface area contributed by atoms with Gasteiger partial charge in [-0.15, -0.1) is 0 Å². The van der Waals surface area contributed by atoms with E-state index in [1.165, 1.54) is 64.2 Å². The molecule has 144 valence electrons. The van der Waals surface area contributed by atoms with Gasteiger partial charge in [0.2, 0.25) is 0 Å². The van der Waals surface area contributed by atoms with Gasteiger partial charge < -0.3 is 5.11 Å². The third-order valence-electron chi connectivity index (χ3n) is 10.2. The molecule has 0 saturated heterocycles. The summed E-state index contributed by atoms with van der Waals surface area (Å²) in [6, 6.07) is 0. The van der Waals surface area contributed by atoms with Crippen LogP contribution < -0.4 is 0 Å². The Morgan fingerprint density at radius 3 is 2.48 bits per heavy atom.